The van der Waals surface area contributed by atoms with E-state index in [1.54, 1.807) is 0 Å². The lowest BCUT2D eigenvalue weighted by Crippen LogP contribution is -2.04. The summed E-state index contributed by atoms with van der Waals surface area (Å²) in [4.78, 5) is 10.5. The average Bonchev–Trinajstić information content (AvgIpc) is 3.39. The van der Waals surface area contributed by atoms with Crippen LogP contribution in [0.1, 0.15) is 0 Å². The van der Waals surface area contributed by atoms with Crippen LogP contribution in [0, 0.1) is 0 Å². The van der Waals surface area contributed by atoms with Crippen LogP contribution in [-0.4, -0.2) is 14.5 Å². The van der Waals surface area contributed by atoms with E-state index in [0.29, 0.717) is 0 Å². The molecule has 0 bridgehead atoms. The summed E-state index contributed by atoms with van der Waals surface area (Å²) in [5.74, 6) is 0.839. The van der Waals surface area contributed by atoms with E-state index in [2.05, 4.69) is 114 Å². The second kappa shape index (κ2) is 8.48. The van der Waals surface area contributed by atoms with Gasteiger partial charge in [-0.2, -0.15) is 0 Å². The molecule has 0 aliphatic carbocycles. The molecule has 0 aliphatic heterocycles. The fourth-order valence-corrected chi connectivity index (χ4v) is 6.53. The average molecular weight is 522 g/mol. The van der Waals surface area contributed by atoms with Gasteiger partial charge >= 0.3 is 0 Å². The van der Waals surface area contributed by atoms with Crippen LogP contribution in [0.2, 0.25) is 0 Å². The van der Waals surface area contributed by atoms with Gasteiger partial charge in [0.2, 0.25) is 0 Å². The zero-order valence-electron chi connectivity index (χ0n) is 22.1. The highest BCUT2D eigenvalue weighted by Crippen LogP contribution is 2.41. The quantitative estimate of drug-likeness (QED) is 0.212. The molecule has 190 valence electrons. The molecule has 0 atom stereocenters. The summed E-state index contributed by atoms with van der Waals surface area (Å²) in [5.41, 5.74) is 5.96. The van der Waals surface area contributed by atoms with Crippen molar-refractivity contribution in [2.24, 2.45) is 0 Å². The number of nitrogens with zero attached hydrogens (tertiary/aromatic N) is 3. The Kier molecular flexibility index (Phi) is 4.61. The lowest BCUT2D eigenvalue weighted by Gasteiger charge is -2.15. The van der Waals surface area contributed by atoms with Crippen LogP contribution in [0.25, 0.3) is 82.2 Å². The van der Waals surface area contributed by atoms with Gasteiger partial charge in [-0.3, -0.25) is 4.57 Å². The van der Waals surface area contributed by atoms with Crippen molar-refractivity contribution >= 4 is 65.2 Å². The molecule has 41 heavy (non-hydrogen) atoms. The lowest BCUT2D eigenvalue weighted by atomic mass is 9.95. The van der Waals surface area contributed by atoms with E-state index < -0.39 is 0 Å². The highest BCUT2D eigenvalue weighted by Gasteiger charge is 2.21. The Balaban J connectivity index is 1.51. The normalized spacial score (nSPS) is 11.9. The Bertz CT molecular complexity index is 2470. The highest BCUT2D eigenvalue weighted by molar-refractivity contribution is 6.27. The van der Waals surface area contributed by atoms with E-state index in [1.807, 2.05) is 30.3 Å². The Morgan fingerprint density at radius 2 is 1.02 bits per heavy atom. The van der Waals surface area contributed by atoms with Crippen molar-refractivity contribution in [3.05, 3.63) is 140 Å². The van der Waals surface area contributed by atoms with E-state index in [9.17, 15) is 0 Å². The van der Waals surface area contributed by atoms with Crippen molar-refractivity contribution in [2.75, 3.05) is 0 Å². The first-order valence-electron chi connectivity index (χ1n) is 13.9. The van der Waals surface area contributed by atoms with Crippen LogP contribution >= 0.6 is 0 Å². The van der Waals surface area contributed by atoms with Crippen molar-refractivity contribution in [3.63, 3.8) is 0 Å². The van der Waals surface area contributed by atoms with Crippen LogP contribution in [0.5, 0.6) is 0 Å². The number of hydrogen-bond donors (Lipinski definition) is 0. The molecule has 0 saturated heterocycles. The first-order valence-corrected chi connectivity index (χ1v) is 13.9. The van der Waals surface area contributed by atoms with Crippen molar-refractivity contribution < 1.29 is 0 Å². The molecule has 9 rings (SSSR count). The smallest absolute Gasteiger partial charge is 0.165 e. The molecular weight excluding hydrogens is 498 g/mol. The number of para-hydroxylation sites is 3. The minimum atomic E-state index is 0.839. The number of rotatable bonds is 2. The Morgan fingerprint density at radius 3 is 1.90 bits per heavy atom. The first kappa shape index (κ1) is 22.3. The molecule has 0 unspecified atom stereocenters. The largest absolute Gasteiger partial charge is 0.291 e. The summed E-state index contributed by atoms with van der Waals surface area (Å²) < 4.78 is 2.34. The van der Waals surface area contributed by atoms with Crippen LogP contribution in [-0.2, 0) is 0 Å². The van der Waals surface area contributed by atoms with Gasteiger partial charge in [-0.05, 0) is 45.1 Å². The molecule has 2 heterocycles. The van der Waals surface area contributed by atoms with Gasteiger partial charge in [0, 0.05) is 21.7 Å². The summed E-state index contributed by atoms with van der Waals surface area (Å²) in [6, 6.07) is 49.4. The van der Waals surface area contributed by atoms with Crippen molar-refractivity contribution in [1.29, 1.82) is 0 Å². The summed E-state index contributed by atoms with van der Waals surface area (Å²) in [7, 11) is 0. The molecular formula is C38H23N3. The molecule has 0 spiro atoms. The molecule has 9 aromatic rings. The third kappa shape index (κ3) is 3.20. The standard InChI is InChI=1S/C38H23N3/c1-2-11-26(12-3-1)36-38(40-33-16-8-7-15-32(33)39-36)41-34-17-9-6-14-28(34)30-23-22-29-31(37(30)41)21-20-25-19-18-24-10-4-5-13-27(24)35(25)29/h1-23H. The minimum Gasteiger partial charge on any atom is -0.291 e. The molecule has 0 radical (unpaired) electrons. The van der Waals surface area contributed by atoms with Gasteiger partial charge in [-0.1, -0.05) is 121 Å². The Labute approximate surface area is 235 Å². The molecule has 0 fully saturated rings. The van der Waals surface area contributed by atoms with Crippen molar-refractivity contribution in [3.8, 4) is 17.1 Å². The predicted molar refractivity (Wildman–Crippen MR) is 172 cm³/mol. The number of benzene rings is 7. The number of aromatic nitrogens is 3. The van der Waals surface area contributed by atoms with E-state index in [-0.39, 0.29) is 0 Å². The minimum absolute atomic E-state index is 0.839. The van der Waals surface area contributed by atoms with E-state index in [0.717, 1.165) is 39.1 Å². The topological polar surface area (TPSA) is 30.7 Å². The zero-order chi connectivity index (χ0) is 26.9. The zero-order valence-corrected chi connectivity index (χ0v) is 22.1. The highest BCUT2D eigenvalue weighted by atomic mass is 15.1. The number of fused-ring (bicyclic) bond motifs is 10. The fourth-order valence-electron chi connectivity index (χ4n) is 6.53. The van der Waals surface area contributed by atoms with Crippen LogP contribution < -0.4 is 0 Å². The molecule has 2 aromatic heterocycles. The van der Waals surface area contributed by atoms with Crippen molar-refractivity contribution in [2.45, 2.75) is 0 Å². The first-order chi connectivity index (χ1) is 20.3. The monoisotopic (exact) mass is 521 g/mol. The molecule has 3 heteroatoms. The van der Waals surface area contributed by atoms with E-state index in [1.165, 1.54) is 43.1 Å². The SMILES string of the molecule is c1ccc(-c2nc3ccccc3nc2-n2c3ccccc3c3ccc4c(ccc5ccc6ccccc6c54)c32)cc1. The van der Waals surface area contributed by atoms with Gasteiger partial charge in [0.15, 0.2) is 5.82 Å². The second-order valence-corrected chi connectivity index (χ2v) is 10.6. The molecule has 0 N–H and O–H groups in total. The van der Waals surface area contributed by atoms with E-state index in [4.69, 9.17) is 9.97 Å². The van der Waals surface area contributed by atoms with Gasteiger partial charge in [0.1, 0.15) is 5.69 Å². The van der Waals surface area contributed by atoms with Gasteiger partial charge in [-0.25, -0.2) is 9.97 Å². The van der Waals surface area contributed by atoms with Gasteiger partial charge in [0.05, 0.1) is 22.1 Å². The Hall–Kier alpha value is -5.54. The molecule has 3 nitrogen and oxygen atoms in total. The summed E-state index contributed by atoms with van der Waals surface area (Å²) in [6.45, 7) is 0. The predicted octanol–water partition coefficient (Wildman–Crippen LogP) is 9.85. The fraction of sp³-hybridized carbons (Fsp3) is 0. The maximum absolute atomic E-state index is 5.31. The van der Waals surface area contributed by atoms with Crippen LogP contribution in [0.3, 0.4) is 0 Å². The van der Waals surface area contributed by atoms with E-state index >= 15 is 0 Å². The third-order valence-corrected chi connectivity index (χ3v) is 8.35. The summed E-state index contributed by atoms with van der Waals surface area (Å²) >= 11 is 0. The maximum atomic E-state index is 5.31. The number of hydrogen-bond acceptors (Lipinski definition) is 2. The van der Waals surface area contributed by atoms with Crippen molar-refractivity contribution in [1.82, 2.24) is 14.5 Å². The molecule has 0 amide bonds. The second-order valence-electron chi connectivity index (χ2n) is 10.6. The molecule has 0 saturated carbocycles. The summed E-state index contributed by atoms with van der Waals surface area (Å²) in [6.07, 6.45) is 0. The third-order valence-electron chi connectivity index (χ3n) is 8.35. The molecule has 0 aliphatic rings. The Morgan fingerprint density at radius 1 is 0.415 bits per heavy atom. The summed E-state index contributed by atoms with van der Waals surface area (Å²) in [5, 5.41) is 9.91. The van der Waals surface area contributed by atoms with Gasteiger partial charge in [0.25, 0.3) is 0 Å². The lowest BCUT2D eigenvalue weighted by molar-refractivity contribution is 1.08. The van der Waals surface area contributed by atoms with Crippen LogP contribution in [0.4, 0.5) is 0 Å². The maximum Gasteiger partial charge on any atom is 0.165 e. The van der Waals surface area contributed by atoms with Crippen LogP contribution in [0.15, 0.2) is 140 Å². The van der Waals surface area contributed by atoms with Gasteiger partial charge < -0.3 is 0 Å². The van der Waals surface area contributed by atoms with Gasteiger partial charge in [-0.15, -0.1) is 0 Å². The molecule has 7 aromatic carbocycles.